The van der Waals surface area contributed by atoms with E-state index in [9.17, 15) is 8.42 Å². The zero-order valence-corrected chi connectivity index (χ0v) is 44.2. The molecule has 10 atom stereocenters. The first kappa shape index (κ1) is 55.2. The monoisotopic (exact) mass is 1070 g/mol. The summed E-state index contributed by atoms with van der Waals surface area (Å²) >= 11 is 1.24. The van der Waals surface area contributed by atoms with Crippen molar-refractivity contribution in [3.8, 4) is 0 Å². The molecule has 0 amide bonds. The van der Waals surface area contributed by atoms with E-state index in [1.54, 1.807) is 0 Å². The van der Waals surface area contributed by atoms with E-state index in [0.717, 1.165) is 45.2 Å². The van der Waals surface area contributed by atoms with Crippen LogP contribution in [0.3, 0.4) is 0 Å². The van der Waals surface area contributed by atoms with Crippen molar-refractivity contribution in [3.05, 3.63) is 251 Å². The molecule has 2 aliphatic heterocycles. The Labute approximate surface area is 451 Å². The molecule has 2 fully saturated rings. The van der Waals surface area contributed by atoms with Crippen LogP contribution in [0.5, 0.6) is 0 Å². The van der Waals surface area contributed by atoms with E-state index in [0.29, 0.717) is 13.2 Å². The number of hydrogen-bond acceptors (Lipinski definition) is 13. The lowest BCUT2D eigenvalue weighted by Crippen LogP contribution is -2.63. The Balaban J connectivity index is 1.11. The molecule has 76 heavy (non-hydrogen) atoms. The Hall–Kier alpha value is -5.56. The maximum atomic E-state index is 13.7. The average Bonchev–Trinajstić information content (AvgIpc) is 3.46. The fourth-order valence-corrected chi connectivity index (χ4v) is 11.3. The Morgan fingerprint density at radius 3 is 0.895 bits per heavy atom. The Kier molecular flexibility index (Phi) is 20.9. The molecular formula is C62H66O12S2. The summed E-state index contributed by atoms with van der Waals surface area (Å²) < 4.78 is 95.7. The third kappa shape index (κ3) is 16.7. The highest BCUT2D eigenvalue weighted by Crippen LogP contribution is 2.43. The van der Waals surface area contributed by atoms with E-state index in [-0.39, 0.29) is 46.2 Å². The van der Waals surface area contributed by atoms with Crippen LogP contribution in [0, 0.1) is 0 Å². The molecule has 9 rings (SSSR count). The first-order chi connectivity index (χ1) is 37.3. The molecule has 398 valence electrons. The van der Waals surface area contributed by atoms with Gasteiger partial charge in [-0.15, -0.1) is 0 Å². The van der Waals surface area contributed by atoms with Crippen LogP contribution in [0.1, 0.15) is 38.9 Å². The molecule has 0 unspecified atom stereocenters. The zero-order chi connectivity index (χ0) is 52.2. The quantitative estimate of drug-likeness (QED) is 0.0454. The molecule has 0 radical (unpaired) electrons. The molecule has 12 nitrogen and oxygen atoms in total. The van der Waals surface area contributed by atoms with Gasteiger partial charge < -0.3 is 42.6 Å². The third-order valence-electron chi connectivity index (χ3n) is 13.0. The summed E-state index contributed by atoms with van der Waals surface area (Å²) in [5, 5.41) is 0. The maximum Gasteiger partial charge on any atom is 0.264 e. The van der Waals surface area contributed by atoms with E-state index in [2.05, 4.69) is 0 Å². The summed E-state index contributed by atoms with van der Waals surface area (Å²) in [4.78, 5) is 0. The Morgan fingerprint density at radius 1 is 0.342 bits per heavy atom. The van der Waals surface area contributed by atoms with Gasteiger partial charge in [-0.25, -0.2) is 0 Å². The van der Waals surface area contributed by atoms with E-state index >= 15 is 0 Å². The summed E-state index contributed by atoms with van der Waals surface area (Å²) in [6.45, 7) is 1.76. The third-order valence-corrected chi connectivity index (χ3v) is 14.8. The highest BCUT2D eigenvalue weighted by atomic mass is 32.2. The van der Waals surface area contributed by atoms with Crippen LogP contribution in [-0.2, 0) is 103 Å². The first-order valence-electron chi connectivity index (χ1n) is 25.7. The van der Waals surface area contributed by atoms with Gasteiger partial charge in [-0.1, -0.05) is 224 Å². The van der Waals surface area contributed by atoms with Gasteiger partial charge in [-0.2, -0.15) is 8.42 Å². The molecule has 2 heterocycles. The minimum atomic E-state index is -4.17. The SMILES string of the molecule is CS(=O)(=O)O[C@H]1[C@@H](OCc2ccccc2)[C@H](OCc2ccccc2)[C@@H](COCc2ccccc2)O[C@@H]1S[C@@H]1O[C@H](COCc2ccccc2)[C@@H](OCc2ccccc2)[C@H](OCc2ccccc2)[C@H]1OCc1ccccc1. The van der Waals surface area contributed by atoms with Crippen LogP contribution >= 0.6 is 11.8 Å². The van der Waals surface area contributed by atoms with Gasteiger partial charge in [-0.3, -0.25) is 4.18 Å². The van der Waals surface area contributed by atoms with E-state index in [1.165, 1.54) is 11.8 Å². The normalized spacial score (nSPS) is 23.8. The van der Waals surface area contributed by atoms with Crippen molar-refractivity contribution in [1.82, 2.24) is 0 Å². The lowest BCUT2D eigenvalue weighted by molar-refractivity contribution is -0.257. The number of hydrogen-bond donors (Lipinski definition) is 0. The highest BCUT2D eigenvalue weighted by Gasteiger charge is 2.55. The zero-order valence-electron chi connectivity index (χ0n) is 42.6. The molecule has 7 aromatic rings. The summed E-state index contributed by atoms with van der Waals surface area (Å²) in [5.41, 5.74) is 4.62. The molecule has 14 heteroatoms. The van der Waals surface area contributed by atoms with E-state index in [1.807, 2.05) is 212 Å². The second-order valence-corrected chi connectivity index (χ2v) is 21.6. The Bertz CT molecular complexity index is 2820. The van der Waals surface area contributed by atoms with Crippen LogP contribution in [0.2, 0.25) is 0 Å². The summed E-state index contributed by atoms with van der Waals surface area (Å²) in [5.74, 6) is 0. The molecule has 0 aliphatic carbocycles. The molecule has 0 N–H and O–H groups in total. The summed E-state index contributed by atoms with van der Waals surface area (Å²) in [7, 11) is -4.17. The van der Waals surface area contributed by atoms with Gasteiger partial charge in [0.25, 0.3) is 10.1 Å². The standard InChI is InChI=1S/C62H66O12S2/c1-76(63,64)74-60-58(70-42-51-33-19-7-20-34-51)56(68-40-49-29-15-5-16-30-49)54(45-66-38-47-25-11-3-12-26-47)73-62(60)75-61-59(71-43-52-35-21-8-22-36-52)57(69-41-50-31-17-6-18-32-50)55(67-39-48-27-13-4-14-28-48)53(72-61)44-65-37-46-23-9-2-10-24-46/h2-36,53-62H,37-45H2,1H3/t53-,54-,55-,56-,57+,58+,59-,60+,61+,62-/m1/s1. The number of ether oxygens (including phenoxy) is 9. The largest absolute Gasteiger partial charge is 0.374 e. The molecule has 0 spiro atoms. The number of rotatable bonds is 27. The van der Waals surface area contributed by atoms with Crippen LogP contribution < -0.4 is 0 Å². The molecule has 2 aliphatic rings. The topological polar surface area (TPSA) is 126 Å². The average molecular weight is 1070 g/mol. The smallest absolute Gasteiger partial charge is 0.264 e. The van der Waals surface area contributed by atoms with Crippen molar-refractivity contribution in [3.63, 3.8) is 0 Å². The van der Waals surface area contributed by atoms with E-state index < -0.39 is 69.8 Å². The van der Waals surface area contributed by atoms with Gasteiger partial charge in [0.1, 0.15) is 59.7 Å². The highest BCUT2D eigenvalue weighted by molar-refractivity contribution is 8.00. The van der Waals surface area contributed by atoms with Crippen LogP contribution in [0.4, 0.5) is 0 Å². The predicted molar refractivity (Wildman–Crippen MR) is 292 cm³/mol. The summed E-state index contributed by atoms with van der Waals surface area (Å²) in [6.07, 6.45) is -5.97. The van der Waals surface area contributed by atoms with Crippen LogP contribution in [-0.4, -0.2) is 87.6 Å². The maximum absolute atomic E-state index is 13.7. The molecule has 2 saturated heterocycles. The van der Waals surface area contributed by atoms with Gasteiger partial charge in [-0.05, 0) is 38.9 Å². The fraction of sp³-hybridized carbons (Fsp3) is 0.323. The van der Waals surface area contributed by atoms with Gasteiger partial charge in [0.05, 0.1) is 65.7 Å². The fourth-order valence-electron chi connectivity index (χ4n) is 9.21. The van der Waals surface area contributed by atoms with Gasteiger partial charge in [0, 0.05) is 0 Å². The van der Waals surface area contributed by atoms with Crippen molar-refractivity contribution in [2.24, 2.45) is 0 Å². The minimum absolute atomic E-state index is 0.0653. The minimum Gasteiger partial charge on any atom is -0.374 e. The second-order valence-electron chi connectivity index (χ2n) is 18.8. The van der Waals surface area contributed by atoms with Gasteiger partial charge in [0.15, 0.2) is 0 Å². The lowest BCUT2D eigenvalue weighted by atomic mass is 9.98. The molecule has 0 saturated carbocycles. The number of thioether (sulfide) groups is 1. The van der Waals surface area contributed by atoms with Crippen LogP contribution in [0.15, 0.2) is 212 Å². The molecule has 0 aromatic heterocycles. The van der Waals surface area contributed by atoms with Crippen molar-refractivity contribution in [2.45, 2.75) is 106 Å². The molecular weight excluding hydrogens is 1000 g/mol. The second kappa shape index (κ2) is 28.7. The predicted octanol–water partition coefficient (Wildman–Crippen LogP) is 10.9. The lowest BCUT2D eigenvalue weighted by Gasteiger charge is -2.49. The van der Waals surface area contributed by atoms with Crippen molar-refractivity contribution in [2.75, 3.05) is 19.5 Å². The van der Waals surface area contributed by atoms with Gasteiger partial charge in [0.2, 0.25) is 0 Å². The summed E-state index contributed by atoms with van der Waals surface area (Å²) in [6, 6.07) is 69.1. The molecule has 0 bridgehead atoms. The van der Waals surface area contributed by atoms with Crippen LogP contribution in [0.25, 0.3) is 0 Å². The van der Waals surface area contributed by atoms with Crippen molar-refractivity contribution < 1.29 is 55.2 Å². The first-order valence-corrected chi connectivity index (χ1v) is 28.4. The van der Waals surface area contributed by atoms with E-state index in [4.69, 9.17) is 46.8 Å². The van der Waals surface area contributed by atoms with Crippen molar-refractivity contribution in [1.29, 1.82) is 0 Å². The Morgan fingerprint density at radius 2 is 0.592 bits per heavy atom. The molecule has 7 aromatic carbocycles. The number of benzene rings is 7. The van der Waals surface area contributed by atoms with Crippen molar-refractivity contribution >= 4 is 21.9 Å². The van der Waals surface area contributed by atoms with Gasteiger partial charge >= 0.3 is 0 Å².